The van der Waals surface area contributed by atoms with Crippen molar-refractivity contribution in [2.45, 2.75) is 13.3 Å². The van der Waals surface area contributed by atoms with Crippen LogP contribution in [0.1, 0.15) is 28.8 Å². The van der Waals surface area contributed by atoms with Crippen LogP contribution in [-0.2, 0) is 6.42 Å². The zero-order valence-corrected chi connectivity index (χ0v) is 12.3. The van der Waals surface area contributed by atoms with Crippen LogP contribution in [0, 0.1) is 11.8 Å². The van der Waals surface area contributed by atoms with E-state index in [1.54, 1.807) is 30.3 Å². The molecule has 3 N–H and O–H groups in total. The lowest BCUT2D eigenvalue weighted by molar-refractivity contribution is 0.0995. The van der Waals surface area contributed by atoms with Crippen molar-refractivity contribution in [1.82, 2.24) is 0 Å². The van der Waals surface area contributed by atoms with E-state index in [2.05, 4.69) is 17.2 Å². The summed E-state index contributed by atoms with van der Waals surface area (Å²) in [4.78, 5) is 12.1. The van der Waals surface area contributed by atoms with Gasteiger partial charge in [0, 0.05) is 12.0 Å². The Morgan fingerprint density at radius 3 is 2.86 bits per heavy atom. The second-order valence-corrected chi connectivity index (χ2v) is 4.68. The van der Waals surface area contributed by atoms with Gasteiger partial charge in [-0.25, -0.2) is 0 Å². The highest BCUT2D eigenvalue weighted by Crippen LogP contribution is 2.23. The third kappa shape index (κ3) is 3.88. The standard InChI is InChI=1S/C16H15ClN2O2/c1-2-12-6-8-15(21-12)16(20)19-14-10-11(4-3-9-18)5-7-13(14)17/h5-8,10H,2,9,18H2,1H3,(H,19,20). The van der Waals surface area contributed by atoms with Gasteiger partial charge in [-0.15, -0.1) is 0 Å². The number of nitrogens with one attached hydrogen (secondary N) is 1. The number of halogens is 1. The fourth-order valence-corrected chi connectivity index (χ4v) is 1.89. The molecule has 0 aliphatic carbocycles. The van der Waals surface area contributed by atoms with Gasteiger partial charge in [0.1, 0.15) is 5.76 Å². The van der Waals surface area contributed by atoms with Crippen LogP contribution in [0.3, 0.4) is 0 Å². The molecule has 1 heterocycles. The number of anilines is 1. The van der Waals surface area contributed by atoms with E-state index < -0.39 is 0 Å². The summed E-state index contributed by atoms with van der Waals surface area (Å²) >= 11 is 6.08. The molecule has 1 amide bonds. The number of aryl methyl sites for hydroxylation is 1. The molecule has 0 aliphatic heterocycles. The Hall–Kier alpha value is -2.22. The second-order valence-electron chi connectivity index (χ2n) is 4.27. The van der Waals surface area contributed by atoms with Gasteiger partial charge in [-0.2, -0.15) is 0 Å². The van der Waals surface area contributed by atoms with Crippen molar-refractivity contribution in [3.63, 3.8) is 0 Å². The Kier molecular flexibility index (Phi) is 5.04. The molecule has 21 heavy (non-hydrogen) atoms. The Balaban J connectivity index is 2.20. The highest BCUT2D eigenvalue weighted by molar-refractivity contribution is 6.33. The van der Waals surface area contributed by atoms with E-state index in [0.717, 1.165) is 17.7 Å². The predicted octanol–water partition coefficient (Wildman–Crippen LogP) is 3.06. The average molecular weight is 303 g/mol. The molecule has 0 fully saturated rings. The van der Waals surface area contributed by atoms with Crippen LogP contribution < -0.4 is 11.1 Å². The van der Waals surface area contributed by atoms with Gasteiger partial charge >= 0.3 is 0 Å². The Morgan fingerprint density at radius 2 is 2.19 bits per heavy atom. The molecule has 0 unspecified atom stereocenters. The number of rotatable bonds is 3. The van der Waals surface area contributed by atoms with Crippen molar-refractivity contribution in [1.29, 1.82) is 0 Å². The summed E-state index contributed by atoms with van der Waals surface area (Å²) in [6.45, 7) is 2.23. The van der Waals surface area contributed by atoms with Crippen molar-refractivity contribution >= 4 is 23.2 Å². The van der Waals surface area contributed by atoms with E-state index in [-0.39, 0.29) is 18.2 Å². The highest BCUT2D eigenvalue weighted by Gasteiger charge is 2.12. The van der Waals surface area contributed by atoms with Gasteiger partial charge in [0.2, 0.25) is 0 Å². The van der Waals surface area contributed by atoms with Crippen molar-refractivity contribution in [3.05, 3.63) is 52.4 Å². The third-order valence-corrected chi connectivity index (χ3v) is 3.11. The number of amides is 1. The molecule has 0 bridgehead atoms. The van der Waals surface area contributed by atoms with Crippen LogP contribution >= 0.6 is 11.6 Å². The SMILES string of the molecule is CCc1ccc(C(=O)Nc2cc(C#CCN)ccc2Cl)o1. The molecule has 0 aliphatic rings. The smallest absolute Gasteiger partial charge is 0.291 e. The van der Waals surface area contributed by atoms with Crippen LogP contribution in [0.15, 0.2) is 34.7 Å². The maximum absolute atomic E-state index is 12.1. The van der Waals surface area contributed by atoms with E-state index in [4.69, 9.17) is 21.8 Å². The highest BCUT2D eigenvalue weighted by atomic mass is 35.5. The van der Waals surface area contributed by atoms with Crippen molar-refractivity contribution in [3.8, 4) is 11.8 Å². The maximum atomic E-state index is 12.1. The molecule has 0 saturated heterocycles. The van der Waals surface area contributed by atoms with Crippen LogP contribution in [-0.4, -0.2) is 12.5 Å². The topological polar surface area (TPSA) is 68.3 Å². The van der Waals surface area contributed by atoms with E-state index in [1.807, 2.05) is 6.92 Å². The largest absolute Gasteiger partial charge is 0.456 e. The maximum Gasteiger partial charge on any atom is 0.291 e. The van der Waals surface area contributed by atoms with Crippen LogP contribution in [0.2, 0.25) is 5.02 Å². The zero-order chi connectivity index (χ0) is 15.2. The Morgan fingerprint density at radius 1 is 1.38 bits per heavy atom. The first-order chi connectivity index (χ1) is 10.1. The number of benzene rings is 1. The summed E-state index contributed by atoms with van der Waals surface area (Å²) < 4.78 is 5.40. The predicted molar refractivity (Wildman–Crippen MR) is 83.4 cm³/mol. The number of carbonyl (C=O) groups is 1. The minimum atomic E-state index is -0.347. The molecule has 0 saturated carbocycles. The summed E-state index contributed by atoms with van der Waals surface area (Å²) in [7, 11) is 0. The quantitative estimate of drug-likeness (QED) is 0.856. The van der Waals surface area contributed by atoms with Gasteiger partial charge in [-0.05, 0) is 30.3 Å². The Labute approximate surface area is 128 Å². The lowest BCUT2D eigenvalue weighted by atomic mass is 10.2. The molecule has 0 spiro atoms. The number of hydrogen-bond acceptors (Lipinski definition) is 3. The monoisotopic (exact) mass is 302 g/mol. The summed E-state index contributed by atoms with van der Waals surface area (Å²) in [5.41, 5.74) is 6.55. The van der Waals surface area contributed by atoms with Crippen molar-refractivity contribution in [2.75, 3.05) is 11.9 Å². The van der Waals surface area contributed by atoms with E-state index in [0.29, 0.717) is 10.7 Å². The summed E-state index contributed by atoms with van der Waals surface area (Å²) in [5.74, 6) is 6.30. The number of carbonyl (C=O) groups excluding carboxylic acids is 1. The van der Waals surface area contributed by atoms with E-state index >= 15 is 0 Å². The molecule has 5 heteroatoms. The van der Waals surface area contributed by atoms with Gasteiger partial charge < -0.3 is 15.5 Å². The number of furan rings is 1. The van der Waals surface area contributed by atoms with Gasteiger partial charge in [0.15, 0.2) is 5.76 Å². The second kappa shape index (κ2) is 6.98. The van der Waals surface area contributed by atoms with E-state index in [9.17, 15) is 4.79 Å². The Bertz CT molecular complexity index is 711. The van der Waals surface area contributed by atoms with Crippen molar-refractivity contribution in [2.24, 2.45) is 5.73 Å². The first-order valence-electron chi connectivity index (χ1n) is 6.52. The molecule has 4 nitrogen and oxygen atoms in total. The normalized spacial score (nSPS) is 9.86. The third-order valence-electron chi connectivity index (χ3n) is 2.78. The van der Waals surface area contributed by atoms with Gasteiger partial charge in [-0.3, -0.25) is 4.79 Å². The molecular weight excluding hydrogens is 288 g/mol. The fraction of sp³-hybridized carbons (Fsp3) is 0.188. The lowest BCUT2D eigenvalue weighted by Gasteiger charge is -2.06. The summed E-state index contributed by atoms with van der Waals surface area (Å²) in [5, 5.41) is 3.15. The zero-order valence-electron chi connectivity index (χ0n) is 11.6. The van der Waals surface area contributed by atoms with E-state index in [1.165, 1.54) is 0 Å². The molecule has 2 aromatic rings. The molecule has 1 aromatic heterocycles. The molecule has 2 rings (SSSR count). The number of hydrogen-bond donors (Lipinski definition) is 2. The van der Waals surface area contributed by atoms with Gasteiger partial charge in [0.05, 0.1) is 17.3 Å². The van der Waals surface area contributed by atoms with Gasteiger partial charge in [-0.1, -0.05) is 30.4 Å². The molecule has 0 atom stereocenters. The summed E-state index contributed by atoms with van der Waals surface area (Å²) in [6, 6.07) is 8.56. The van der Waals surface area contributed by atoms with Crippen LogP contribution in [0.5, 0.6) is 0 Å². The number of nitrogens with two attached hydrogens (primary N) is 1. The summed E-state index contributed by atoms with van der Waals surface area (Å²) in [6.07, 6.45) is 0.734. The van der Waals surface area contributed by atoms with Crippen LogP contribution in [0.25, 0.3) is 0 Å². The minimum Gasteiger partial charge on any atom is -0.456 e. The first-order valence-corrected chi connectivity index (χ1v) is 6.90. The molecular formula is C16H15ClN2O2. The van der Waals surface area contributed by atoms with Crippen molar-refractivity contribution < 1.29 is 9.21 Å². The first kappa shape index (κ1) is 15.2. The fourth-order valence-electron chi connectivity index (χ4n) is 1.73. The van der Waals surface area contributed by atoms with Crippen LogP contribution in [0.4, 0.5) is 5.69 Å². The molecule has 108 valence electrons. The molecule has 1 aromatic carbocycles. The molecule has 0 radical (unpaired) electrons. The minimum absolute atomic E-state index is 0.251. The van der Waals surface area contributed by atoms with Gasteiger partial charge in [0.25, 0.3) is 5.91 Å². The lowest BCUT2D eigenvalue weighted by Crippen LogP contribution is -2.11. The average Bonchev–Trinajstić information content (AvgIpc) is 2.97.